The molecule has 1 fully saturated rings. The van der Waals surface area contributed by atoms with E-state index >= 15 is 0 Å². The van der Waals surface area contributed by atoms with Gasteiger partial charge >= 0.3 is 0 Å². The average Bonchev–Trinajstić information content (AvgIpc) is 3.29. The van der Waals surface area contributed by atoms with Crippen molar-refractivity contribution in [2.45, 2.75) is 23.3 Å². The molecule has 1 saturated carbocycles. The molecule has 1 N–H and O–H groups in total. The Kier molecular flexibility index (Phi) is 3.48. The number of aromatic nitrogens is 1. The standard InChI is InChI=1S/C16H16N2O3S/c1-22(20,21)14-8-7-13(11-17-14)18-15(19)16(9-10-16)12-5-3-2-4-6-12/h2-8,11H,9-10H2,1H3,(H,18,19). The molecule has 2 aromatic rings. The van der Waals surface area contributed by atoms with Gasteiger partial charge in [0.25, 0.3) is 0 Å². The third kappa shape index (κ3) is 2.74. The first kappa shape index (κ1) is 14.7. The second kappa shape index (κ2) is 5.21. The third-order valence-electron chi connectivity index (χ3n) is 3.89. The Morgan fingerprint density at radius 3 is 2.32 bits per heavy atom. The van der Waals surface area contributed by atoms with Gasteiger partial charge in [-0.15, -0.1) is 0 Å². The van der Waals surface area contributed by atoms with Crippen molar-refractivity contribution in [2.24, 2.45) is 0 Å². The quantitative estimate of drug-likeness (QED) is 0.938. The van der Waals surface area contributed by atoms with Gasteiger partial charge in [0, 0.05) is 6.26 Å². The van der Waals surface area contributed by atoms with Crippen molar-refractivity contribution >= 4 is 21.4 Å². The number of amides is 1. The normalized spacial score (nSPS) is 16.0. The van der Waals surface area contributed by atoms with Crippen molar-refractivity contribution in [2.75, 3.05) is 11.6 Å². The summed E-state index contributed by atoms with van der Waals surface area (Å²) in [5.41, 5.74) is 1.05. The van der Waals surface area contributed by atoms with E-state index in [2.05, 4.69) is 10.3 Å². The van der Waals surface area contributed by atoms with Crippen molar-refractivity contribution in [1.82, 2.24) is 4.98 Å². The van der Waals surface area contributed by atoms with E-state index in [4.69, 9.17) is 0 Å². The number of nitrogens with one attached hydrogen (secondary N) is 1. The van der Waals surface area contributed by atoms with Crippen LogP contribution in [0.3, 0.4) is 0 Å². The molecule has 3 rings (SSSR count). The predicted octanol–water partition coefficient (Wildman–Crippen LogP) is 2.16. The fourth-order valence-electron chi connectivity index (χ4n) is 2.45. The van der Waals surface area contributed by atoms with E-state index in [0.29, 0.717) is 5.69 Å². The Bertz CT molecular complexity index is 795. The fourth-order valence-corrected chi connectivity index (χ4v) is 3.01. The molecule has 0 atom stereocenters. The zero-order valence-corrected chi connectivity index (χ0v) is 12.9. The molecule has 1 aromatic heterocycles. The van der Waals surface area contributed by atoms with Gasteiger partial charge in [0.2, 0.25) is 5.91 Å². The van der Waals surface area contributed by atoms with Crippen LogP contribution in [0.1, 0.15) is 18.4 Å². The minimum Gasteiger partial charge on any atom is -0.324 e. The third-order valence-corrected chi connectivity index (χ3v) is 4.89. The fraction of sp³-hybridized carbons (Fsp3) is 0.250. The van der Waals surface area contributed by atoms with E-state index in [9.17, 15) is 13.2 Å². The van der Waals surface area contributed by atoms with Crippen LogP contribution in [0.15, 0.2) is 53.7 Å². The lowest BCUT2D eigenvalue weighted by molar-refractivity contribution is -0.118. The van der Waals surface area contributed by atoms with Gasteiger partial charge in [0.1, 0.15) is 0 Å². The number of carbonyl (C=O) groups excluding carboxylic acids is 1. The van der Waals surface area contributed by atoms with Crippen LogP contribution >= 0.6 is 0 Å². The van der Waals surface area contributed by atoms with E-state index in [1.165, 1.54) is 12.3 Å². The van der Waals surface area contributed by atoms with E-state index in [0.717, 1.165) is 24.7 Å². The molecular formula is C16H16N2O3S. The van der Waals surface area contributed by atoms with Crippen molar-refractivity contribution in [3.05, 3.63) is 54.2 Å². The summed E-state index contributed by atoms with van der Waals surface area (Å²) in [5.74, 6) is -0.0763. The number of anilines is 1. The summed E-state index contributed by atoms with van der Waals surface area (Å²) in [6.45, 7) is 0. The smallest absolute Gasteiger partial charge is 0.235 e. The molecule has 5 nitrogen and oxygen atoms in total. The maximum absolute atomic E-state index is 12.5. The molecule has 1 aliphatic carbocycles. The Morgan fingerprint density at radius 1 is 1.14 bits per heavy atom. The Labute approximate surface area is 129 Å². The highest BCUT2D eigenvalue weighted by Gasteiger charge is 2.51. The second-order valence-corrected chi connectivity index (χ2v) is 7.52. The van der Waals surface area contributed by atoms with Crippen molar-refractivity contribution in [1.29, 1.82) is 0 Å². The molecule has 1 amide bonds. The monoisotopic (exact) mass is 316 g/mol. The molecule has 0 spiro atoms. The predicted molar refractivity (Wildman–Crippen MR) is 83.3 cm³/mol. The summed E-state index contributed by atoms with van der Waals surface area (Å²) in [7, 11) is -3.33. The molecular weight excluding hydrogens is 300 g/mol. The lowest BCUT2D eigenvalue weighted by Crippen LogP contribution is -2.27. The SMILES string of the molecule is CS(=O)(=O)c1ccc(NC(=O)C2(c3ccccc3)CC2)cn1. The first-order chi connectivity index (χ1) is 10.4. The molecule has 1 aliphatic rings. The number of carbonyl (C=O) groups is 1. The van der Waals surface area contributed by atoms with Crippen molar-refractivity contribution < 1.29 is 13.2 Å². The Hall–Kier alpha value is -2.21. The summed E-state index contributed by atoms with van der Waals surface area (Å²) in [4.78, 5) is 16.4. The van der Waals surface area contributed by atoms with Crippen LogP contribution in [0.5, 0.6) is 0 Å². The van der Waals surface area contributed by atoms with E-state index in [1.807, 2.05) is 30.3 Å². The molecule has 6 heteroatoms. The lowest BCUT2D eigenvalue weighted by Gasteiger charge is -2.15. The molecule has 0 bridgehead atoms. The largest absolute Gasteiger partial charge is 0.324 e. The van der Waals surface area contributed by atoms with Crippen LogP contribution in [0.4, 0.5) is 5.69 Å². The van der Waals surface area contributed by atoms with Gasteiger partial charge in [-0.3, -0.25) is 4.79 Å². The molecule has 114 valence electrons. The summed E-state index contributed by atoms with van der Waals surface area (Å²) < 4.78 is 22.7. The Morgan fingerprint density at radius 2 is 1.82 bits per heavy atom. The molecule has 0 saturated heterocycles. The number of nitrogens with zero attached hydrogens (tertiary/aromatic N) is 1. The van der Waals surface area contributed by atoms with E-state index < -0.39 is 15.3 Å². The minimum atomic E-state index is -3.33. The van der Waals surface area contributed by atoms with Gasteiger partial charge in [-0.2, -0.15) is 0 Å². The first-order valence-electron chi connectivity index (χ1n) is 6.95. The molecule has 1 aromatic carbocycles. The van der Waals surface area contributed by atoms with Crippen LogP contribution in [0, 0.1) is 0 Å². The topological polar surface area (TPSA) is 76.1 Å². The highest BCUT2D eigenvalue weighted by Crippen LogP contribution is 2.48. The maximum atomic E-state index is 12.5. The van der Waals surface area contributed by atoms with Crippen LogP contribution in [-0.2, 0) is 20.0 Å². The molecule has 22 heavy (non-hydrogen) atoms. The van der Waals surface area contributed by atoms with Gasteiger partial charge in [-0.25, -0.2) is 13.4 Å². The van der Waals surface area contributed by atoms with Crippen molar-refractivity contribution in [3.63, 3.8) is 0 Å². The van der Waals surface area contributed by atoms with E-state index in [-0.39, 0.29) is 10.9 Å². The molecule has 0 unspecified atom stereocenters. The zero-order valence-electron chi connectivity index (χ0n) is 12.1. The minimum absolute atomic E-state index is 0.00491. The van der Waals surface area contributed by atoms with Gasteiger partial charge in [-0.05, 0) is 30.5 Å². The number of hydrogen-bond acceptors (Lipinski definition) is 4. The van der Waals surface area contributed by atoms with Gasteiger partial charge in [-0.1, -0.05) is 30.3 Å². The molecule has 0 aliphatic heterocycles. The van der Waals surface area contributed by atoms with Crippen LogP contribution in [-0.4, -0.2) is 25.6 Å². The van der Waals surface area contributed by atoms with Crippen LogP contribution < -0.4 is 5.32 Å². The van der Waals surface area contributed by atoms with Gasteiger partial charge < -0.3 is 5.32 Å². The summed E-state index contributed by atoms with van der Waals surface area (Å²) in [6.07, 6.45) is 4.10. The average molecular weight is 316 g/mol. The molecule has 1 heterocycles. The van der Waals surface area contributed by atoms with Crippen LogP contribution in [0.25, 0.3) is 0 Å². The number of rotatable bonds is 4. The number of benzene rings is 1. The number of sulfone groups is 1. The van der Waals surface area contributed by atoms with Gasteiger partial charge in [0.05, 0.1) is 17.3 Å². The number of pyridine rings is 1. The van der Waals surface area contributed by atoms with Crippen molar-refractivity contribution in [3.8, 4) is 0 Å². The Balaban J connectivity index is 1.78. The van der Waals surface area contributed by atoms with E-state index in [1.54, 1.807) is 6.07 Å². The van der Waals surface area contributed by atoms with Gasteiger partial charge in [0.15, 0.2) is 14.9 Å². The summed E-state index contributed by atoms with van der Waals surface area (Å²) in [6, 6.07) is 12.6. The molecule has 0 radical (unpaired) electrons. The summed E-state index contributed by atoms with van der Waals surface area (Å²) >= 11 is 0. The second-order valence-electron chi connectivity index (χ2n) is 5.56. The lowest BCUT2D eigenvalue weighted by atomic mass is 9.95. The highest BCUT2D eigenvalue weighted by molar-refractivity contribution is 7.90. The highest BCUT2D eigenvalue weighted by atomic mass is 32.2. The zero-order chi connectivity index (χ0) is 15.8. The summed E-state index contributed by atoms with van der Waals surface area (Å²) in [5, 5.41) is 2.82. The van der Waals surface area contributed by atoms with Crippen LogP contribution in [0.2, 0.25) is 0 Å². The maximum Gasteiger partial charge on any atom is 0.235 e. The number of hydrogen-bond donors (Lipinski definition) is 1. The first-order valence-corrected chi connectivity index (χ1v) is 8.84.